The van der Waals surface area contributed by atoms with Crippen molar-refractivity contribution in [1.82, 2.24) is 0 Å². The molecule has 0 aliphatic heterocycles. The first kappa shape index (κ1) is 17.2. The summed E-state index contributed by atoms with van der Waals surface area (Å²) in [6, 6.07) is 16.9. The summed E-state index contributed by atoms with van der Waals surface area (Å²) in [5, 5.41) is 4.34. The van der Waals surface area contributed by atoms with E-state index < -0.39 is 15.3 Å². The molecule has 0 unspecified atom stereocenters. The predicted octanol–water partition coefficient (Wildman–Crippen LogP) is 2.16. The van der Waals surface area contributed by atoms with Crippen LogP contribution in [0.2, 0.25) is 0 Å². The van der Waals surface area contributed by atoms with Crippen LogP contribution in [0.1, 0.15) is 0 Å². The van der Waals surface area contributed by atoms with Crippen LogP contribution in [0.3, 0.4) is 0 Å². The lowest BCUT2D eigenvalue weighted by Gasteiger charge is -2.00. The Morgan fingerprint density at radius 2 is 1.48 bits per heavy atom. The summed E-state index contributed by atoms with van der Waals surface area (Å²) in [4.78, 5) is 10.4. The first-order chi connectivity index (χ1) is 9.89. The number of rotatable bonds is 4. The van der Waals surface area contributed by atoms with Crippen LogP contribution in [0.4, 0.5) is 0 Å². The number of hydrogen-bond donors (Lipinski definition) is 1. The minimum absolute atomic E-state index is 0.0778. The third kappa shape index (κ3) is 7.45. The second kappa shape index (κ2) is 8.41. The van der Waals surface area contributed by atoms with E-state index in [2.05, 4.69) is 0 Å². The Bertz CT molecular complexity index is 660. The van der Waals surface area contributed by atoms with Gasteiger partial charge in [0.15, 0.2) is 6.61 Å². The van der Waals surface area contributed by atoms with Gasteiger partial charge in [-0.15, -0.1) is 0 Å². The van der Waals surface area contributed by atoms with E-state index in [1.807, 2.05) is 18.2 Å². The first-order valence-corrected chi connectivity index (χ1v) is 7.76. The first-order valence-electron chi connectivity index (χ1n) is 5.83. The highest BCUT2D eigenvalue weighted by atomic mass is 35.5. The van der Waals surface area contributed by atoms with E-state index in [0.717, 1.165) is 0 Å². The molecule has 5 nitrogen and oxygen atoms in total. The molecule has 21 heavy (non-hydrogen) atoms. The molecule has 0 fully saturated rings. The van der Waals surface area contributed by atoms with E-state index in [9.17, 15) is 13.2 Å². The number of nitrogens with two attached hydrogens (primary N) is 1. The lowest BCUT2D eigenvalue weighted by molar-refractivity contribution is -0.113. The van der Waals surface area contributed by atoms with Crippen molar-refractivity contribution in [3.05, 3.63) is 60.7 Å². The molecular formula is C14H14ClNO4S. The van der Waals surface area contributed by atoms with E-state index in [4.69, 9.17) is 21.5 Å². The number of para-hydroxylation sites is 1. The highest BCUT2D eigenvalue weighted by Crippen LogP contribution is 2.07. The molecule has 0 aliphatic carbocycles. The molecule has 0 atom stereocenters. The molecule has 2 rings (SSSR count). The van der Waals surface area contributed by atoms with Crippen molar-refractivity contribution in [2.24, 2.45) is 5.14 Å². The molecule has 0 amide bonds. The predicted molar refractivity (Wildman–Crippen MR) is 80.6 cm³/mol. The normalized spacial score (nSPS) is 10.2. The van der Waals surface area contributed by atoms with Crippen LogP contribution in [-0.2, 0) is 14.8 Å². The average molecular weight is 328 g/mol. The maximum Gasteiger partial charge on any atom is 0.259 e. The van der Waals surface area contributed by atoms with Gasteiger partial charge in [0.25, 0.3) is 5.24 Å². The minimum atomic E-state index is -3.50. The lowest BCUT2D eigenvalue weighted by Crippen LogP contribution is -2.11. The number of halogens is 1. The number of ether oxygens (including phenoxy) is 1. The van der Waals surface area contributed by atoms with Crippen molar-refractivity contribution in [1.29, 1.82) is 0 Å². The fourth-order valence-corrected chi connectivity index (χ4v) is 1.86. The van der Waals surface area contributed by atoms with E-state index in [1.54, 1.807) is 30.3 Å². The maximum atomic E-state index is 10.6. The fraction of sp³-hybridized carbons (Fsp3) is 0.0714. The molecule has 0 saturated carbocycles. The zero-order valence-corrected chi connectivity index (χ0v) is 12.5. The van der Waals surface area contributed by atoms with Gasteiger partial charge in [0, 0.05) is 0 Å². The molecule has 112 valence electrons. The summed E-state index contributed by atoms with van der Waals surface area (Å²) in [5.41, 5.74) is 0. The summed E-state index contributed by atoms with van der Waals surface area (Å²) in [7, 11) is -3.50. The van der Waals surface area contributed by atoms with Gasteiger partial charge < -0.3 is 4.74 Å². The van der Waals surface area contributed by atoms with E-state index in [-0.39, 0.29) is 11.5 Å². The fourth-order valence-electron chi connectivity index (χ4n) is 1.27. The van der Waals surface area contributed by atoms with Crippen molar-refractivity contribution >= 4 is 26.9 Å². The van der Waals surface area contributed by atoms with Crippen molar-refractivity contribution in [3.63, 3.8) is 0 Å². The van der Waals surface area contributed by atoms with Crippen LogP contribution in [-0.4, -0.2) is 20.3 Å². The smallest absolute Gasteiger partial charge is 0.259 e. The van der Waals surface area contributed by atoms with Gasteiger partial charge >= 0.3 is 0 Å². The van der Waals surface area contributed by atoms with Gasteiger partial charge in [-0.2, -0.15) is 0 Å². The topological polar surface area (TPSA) is 86.5 Å². The largest absolute Gasteiger partial charge is 0.484 e. The van der Waals surface area contributed by atoms with Crippen molar-refractivity contribution < 1.29 is 17.9 Å². The van der Waals surface area contributed by atoms with E-state index >= 15 is 0 Å². The molecule has 0 radical (unpaired) electrons. The summed E-state index contributed by atoms with van der Waals surface area (Å²) >= 11 is 5.06. The van der Waals surface area contributed by atoms with Crippen LogP contribution in [0.15, 0.2) is 65.6 Å². The number of primary sulfonamides is 1. The van der Waals surface area contributed by atoms with Crippen molar-refractivity contribution in [2.45, 2.75) is 4.90 Å². The maximum absolute atomic E-state index is 10.6. The molecule has 2 N–H and O–H groups in total. The molecule has 0 heterocycles. The number of hydrogen-bond acceptors (Lipinski definition) is 4. The van der Waals surface area contributed by atoms with Crippen molar-refractivity contribution in [2.75, 3.05) is 6.61 Å². The molecule has 0 aliphatic rings. The number of carbonyl (C=O) groups excluding carboxylic acids is 1. The number of benzene rings is 2. The lowest BCUT2D eigenvalue weighted by atomic mass is 10.3. The van der Waals surface area contributed by atoms with Gasteiger partial charge in [-0.05, 0) is 35.9 Å². The third-order valence-electron chi connectivity index (χ3n) is 2.17. The monoisotopic (exact) mass is 327 g/mol. The van der Waals surface area contributed by atoms with Gasteiger partial charge in [-0.25, -0.2) is 13.6 Å². The molecule has 0 bridgehead atoms. The van der Waals surface area contributed by atoms with E-state index in [0.29, 0.717) is 5.75 Å². The Balaban J connectivity index is 0.000000211. The van der Waals surface area contributed by atoms with E-state index in [1.165, 1.54) is 12.1 Å². The van der Waals surface area contributed by atoms with Crippen LogP contribution < -0.4 is 9.88 Å². The standard InChI is InChI=1S/C8H7ClO2.C6H7NO2S/c9-8(10)6-11-7-4-2-1-3-5-7;7-10(8,9)6-4-2-1-3-5-6/h1-5H,6H2;1-5H,(H2,7,8,9). The SMILES string of the molecule is NS(=O)(=O)c1ccccc1.O=C(Cl)COc1ccccc1. The molecule has 7 heteroatoms. The molecule has 2 aromatic carbocycles. The van der Waals surface area contributed by atoms with Crippen LogP contribution in [0.5, 0.6) is 5.75 Å². The summed E-state index contributed by atoms with van der Waals surface area (Å²) in [6.07, 6.45) is 0. The van der Waals surface area contributed by atoms with Gasteiger partial charge in [0.1, 0.15) is 5.75 Å². The Kier molecular flexibility index (Phi) is 6.87. The molecule has 0 spiro atoms. The molecular weight excluding hydrogens is 314 g/mol. The zero-order chi connectivity index (χ0) is 15.7. The van der Waals surface area contributed by atoms with Crippen LogP contribution in [0.25, 0.3) is 0 Å². The Morgan fingerprint density at radius 3 is 1.86 bits per heavy atom. The highest BCUT2D eigenvalue weighted by molar-refractivity contribution is 7.89. The molecule has 0 aromatic heterocycles. The molecule has 2 aromatic rings. The second-order valence-corrected chi connectivity index (χ2v) is 5.80. The number of carbonyl (C=O) groups is 1. The van der Waals surface area contributed by atoms with Gasteiger partial charge in [0.2, 0.25) is 10.0 Å². The van der Waals surface area contributed by atoms with Crippen LogP contribution in [0, 0.1) is 0 Å². The van der Waals surface area contributed by atoms with Crippen molar-refractivity contribution in [3.8, 4) is 5.75 Å². The highest BCUT2D eigenvalue weighted by Gasteiger charge is 2.03. The zero-order valence-electron chi connectivity index (χ0n) is 11.0. The Hall–Kier alpha value is -1.89. The van der Waals surface area contributed by atoms with Gasteiger partial charge in [-0.3, -0.25) is 4.79 Å². The summed E-state index contributed by atoms with van der Waals surface area (Å²) in [6.45, 7) is -0.0778. The Morgan fingerprint density at radius 1 is 1.00 bits per heavy atom. The second-order valence-electron chi connectivity index (χ2n) is 3.81. The third-order valence-corrected chi connectivity index (χ3v) is 3.21. The quantitative estimate of drug-likeness (QED) is 0.872. The number of sulfonamides is 1. The summed E-state index contributed by atoms with van der Waals surface area (Å²) < 4.78 is 26.2. The Labute approximate surface area is 128 Å². The average Bonchev–Trinajstić information content (AvgIpc) is 2.47. The van der Waals surface area contributed by atoms with Gasteiger partial charge in [0.05, 0.1) is 4.90 Å². The summed E-state index contributed by atoms with van der Waals surface area (Å²) in [5.74, 6) is 0.654. The minimum Gasteiger partial charge on any atom is -0.484 e. The van der Waals surface area contributed by atoms with Crippen LogP contribution >= 0.6 is 11.6 Å². The molecule has 0 saturated heterocycles. The van der Waals surface area contributed by atoms with Gasteiger partial charge in [-0.1, -0.05) is 36.4 Å².